The Morgan fingerprint density at radius 3 is 2.64 bits per heavy atom. The molecule has 0 bridgehead atoms. The van der Waals surface area contributed by atoms with Gasteiger partial charge in [-0.15, -0.1) is 0 Å². The van der Waals surface area contributed by atoms with Gasteiger partial charge < -0.3 is 10.5 Å². The Morgan fingerprint density at radius 2 is 2.18 bits per heavy atom. The molecule has 1 aromatic carbocycles. The van der Waals surface area contributed by atoms with Crippen molar-refractivity contribution in [2.75, 3.05) is 12.8 Å². The molecule has 0 aliphatic carbocycles. The van der Waals surface area contributed by atoms with E-state index in [4.69, 9.17) is 13.6 Å². The fourth-order valence-electron chi connectivity index (χ4n) is 0.852. The number of nitrogens with two attached hydrogens (primary N) is 1. The number of halogens is 1. The van der Waals surface area contributed by atoms with Gasteiger partial charge in [-0.3, -0.25) is 0 Å². The van der Waals surface area contributed by atoms with Gasteiger partial charge in [0, 0.05) is 0 Å². The predicted molar refractivity (Wildman–Crippen MR) is 42.8 cm³/mol. The zero-order chi connectivity index (χ0) is 8.43. The molecular formula is C7H7BFNO. The minimum absolute atomic E-state index is 0.0409. The predicted octanol–water partition coefficient (Wildman–Crippen LogP) is 0.210. The lowest BCUT2D eigenvalue weighted by Crippen LogP contribution is -2.07. The van der Waals surface area contributed by atoms with Gasteiger partial charge in [0.05, 0.1) is 12.8 Å². The molecule has 1 rings (SSSR count). The maximum absolute atomic E-state index is 12.8. The lowest BCUT2D eigenvalue weighted by molar-refractivity contribution is 0.389. The zero-order valence-electron chi connectivity index (χ0n) is 6.10. The molecular weight excluding hydrogens is 144 g/mol. The van der Waals surface area contributed by atoms with Crippen molar-refractivity contribution in [3.63, 3.8) is 0 Å². The van der Waals surface area contributed by atoms with Gasteiger partial charge in [-0.2, -0.15) is 0 Å². The largest absolute Gasteiger partial charge is 0.492 e. The highest BCUT2D eigenvalue weighted by Gasteiger charge is 2.05. The number of benzene rings is 1. The van der Waals surface area contributed by atoms with E-state index in [0.717, 1.165) is 6.07 Å². The number of nitrogen functional groups attached to an aromatic ring is 1. The normalized spacial score (nSPS) is 9.64. The van der Waals surface area contributed by atoms with Crippen molar-refractivity contribution < 1.29 is 9.13 Å². The molecule has 0 heterocycles. The Kier molecular flexibility index (Phi) is 2.03. The van der Waals surface area contributed by atoms with Gasteiger partial charge in [-0.1, -0.05) is 5.46 Å². The minimum atomic E-state index is -0.537. The van der Waals surface area contributed by atoms with Crippen LogP contribution in [-0.2, 0) is 0 Å². The molecule has 0 spiro atoms. The van der Waals surface area contributed by atoms with Crippen molar-refractivity contribution in [2.24, 2.45) is 0 Å². The van der Waals surface area contributed by atoms with E-state index in [2.05, 4.69) is 4.74 Å². The lowest BCUT2D eigenvalue weighted by Gasteiger charge is -2.05. The summed E-state index contributed by atoms with van der Waals surface area (Å²) in [6.45, 7) is 0. The summed E-state index contributed by atoms with van der Waals surface area (Å²) in [7, 11) is 6.66. The summed E-state index contributed by atoms with van der Waals surface area (Å²) in [5.74, 6) is -0.496. The third kappa shape index (κ3) is 1.45. The molecule has 0 unspecified atom stereocenters. The number of hydrogen-bond acceptors (Lipinski definition) is 2. The molecule has 2 nitrogen and oxygen atoms in total. The van der Waals surface area contributed by atoms with Crippen molar-refractivity contribution in [3.05, 3.63) is 17.9 Å². The summed E-state index contributed by atoms with van der Waals surface area (Å²) in [5.41, 5.74) is 5.89. The van der Waals surface area contributed by atoms with Gasteiger partial charge in [-0.05, 0) is 12.1 Å². The summed E-state index contributed by atoms with van der Waals surface area (Å²) in [4.78, 5) is 0. The third-order valence-corrected chi connectivity index (χ3v) is 1.30. The second-order valence-corrected chi connectivity index (χ2v) is 2.13. The van der Waals surface area contributed by atoms with E-state index in [1.807, 2.05) is 0 Å². The van der Waals surface area contributed by atoms with Crippen LogP contribution < -0.4 is 15.9 Å². The van der Waals surface area contributed by atoms with Gasteiger partial charge in [0.1, 0.15) is 7.85 Å². The maximum atomic E-state index is 12.8. The molecule has 0 aliphatic heterocycles. The smallest absolute Gasteiger partial charge is 0.177 e. The van der Waals surface area contributed by atoms with Crippen LogP contribution in [0.5, 0.6) is 5.75 Å². The van der Waals surface area contributed by atoms with Crippen molar-refractivity contribution >= 4 is 19.0 Å². The van der Waals surface area contributed by atoms with Gasteiger partial charge in [0.25, 0.3) is 0 Å². The van der Waals surface area contributed by atoms with Gasteiger partial charge in [0.15, 0.2) is 11.6 Å². The Hall–Kier alpha value is -1.19. The average molecular weight is 151 g/mol. The first-order valence-electron chi connectivity index (χ1n) is 3.03. The SMILES string of the molecule is [B]c1cc(N)c(OC)c(F)c1. The van der Waals surface area contributed by atoms with Crippen LogP contribution >= 0.6 is 0 Å². The fraction of sp³-hybridized carbons (Fsp3) is 0.143. The number of rotatable bonds is 1. The number of ether oxygens (including phenoxy) is 1. The Bertz CT molecular complexity index is 254. The molecule has 0 aromatic heterocycles. The summed E-state index contributed by atoms with van der Waals surface area (Å²) in [5, 5.41) is 0. The van der Waals surface area contributed by atoms with E-state index < -0.39 is 5.82 Å². The molecule has 2 N–H and O–H groups in total. The van der Waals surface area contributed by atoms with Crippen LogP contribution in [0.25, 0.3) is 0 Å². The first kappa shape index (κ1) is 7.92. The highest BCUT2D eigenvalue weighted by molar-refractivity contribution is 6.32. The Labute approximate surface area is 65.6 Å². The van der Waals surface area contributed by atoms with Crippen LogP contribution in [-0.4, -0.2) is 15.0 Å². The van der Waals surface area contributed by atoms with Crippen LogP contribution in [0.3, 0.4) is 0 Å². The molecule has 0 amide bonds. The number of hydrogen-bond donors (Lipinski definition) is 1. The van der Waals surface area contributed by atoms with Gasteiger partial charge >= 0.3 is 0 Å². The van der Waals surface area contributed by atoms with E-state index in [-0.39, 0.29) is 11.4 Å². The van der Waals surface area contributed by atoms with Crippen molar-refractivity contribution in [1.82, 2.24) is 0 Å². The molecule has 56 valence electrons. The van der Waals surface area contributed by atoms with E-state index in [9.17, 15) is 4.39 Å². The summed E-state index contributed by atoms with van der Waals surface area (Å²) < 4.78 is 17.5. The highest BCUT2D eigenvalue weighted by atomic mass is 19.1. The summed E-state index contributed by atoms with van der Waals surface area (Å²) in [6, 6.07) is 2.61. The van der Waals surface area contributed by atoms with Crippen LogP contribution in [0.15, 0.2) is 12.1 Å². The molecule has 0 saturated carbocycles. The quantitative estimate of drug-likeness (QED) is 0.459. The van der Waals surface area contributed by atoms with E-state index in [0.29, 0.717) is 5.46 Å². The molecule has 0 fully saturated rings. The van der Waals surface area contributed by atoms with Crippen LogP contribution in [0, 0.1) is 5.82 Å². The summed E-state index contributed by atoms with van der Waals surface area (Å²) in [6.07, 6.45) is 0. The van der Waals surface area contributed by atoms with Crippen molar-refractivity contribution in [1.29, 1.82) is 0 Å². The zero-order valence-corrected chi connectivity index (χ0v) is 6.10. The van der Waals surface area contributed by atoms with Crippen molar-refractivity contribution in [3.8, 4) is 5.75 Å². The standard InChI is InChI=1S/C7H7BFNO/c1-11-7-5(9)2-4(8)3-6(7)10/h2-3H,10H2,1H3. The molecule has 0 saturated heterocycles. The highest BCUT2D eigenvalue weighted by Crippen LogP contribution is 2.22. The third-order valence-electron chi connectivity index (χ3n) is 1.30. The molecule has 4 heteroatoms. The molecule has 0 aliphatic rings. The fourth-order valence-corrected chi connectivity index (χ4v) is 0.852. The molecule has 0 atom stereocenters. The monoisotopic (exact) mass is 151 g/mol. The second-order valence-electron chi connectivity index (χ2n) is 2.13. The lowest BCUT2D eigenvalue weighted by atomic mass is 9.95. The number of anilines is 1. The molecule has 2 radical (unpaired) electrons. The van der Waals surface area contributed by atoms with Crippen LogP contribution in [0.1, 0.15) is 0 Å². The second kappa shape index (κ2) is 2.82. The first-order chi connectivity index (χ1) is 5.15. The Balaban J connectivity index is 3.25. The van der Waals surface area contributed by atoms with Gasteiger partial charge in [-0.25, -0.2) is 4.39 Å². The molecule has 1 aromatic rings. The Morgan fingerprint density at radius 1 is 1.55 bits per heavy atom. The van der Waals surface area contributed by atoms with E-state index >= 15 is 0 Å². The topological polar surface area (TPSA) is 35.2 Å². The van der Waals surface area contributed by atoms with E-state index in [1.165, 1.54) is 13.2 Å². The van der Waals surface area contributed by atoms with Gasteiger partial charge in [0.2, 0.25) is 0 Å². The first-order valence-corrected chi connectivity index (χ1v) is 3.03. The molecule has 11 heavy (non-hydrogen) atoms. The van der Waals surface area contributed by atoms with Crippen LogP contribution in [0.2, 0.25) is 0 Å². The van der Waals surface area contributed by atoms with Crippen LogP contribution in [0.4, 0.5) is 10.1 Å². The number of methoxy groups -OCH3 is 1. The summed E-state index contributed by atoms with van der Waals surface area (Å²) >= 11 is 0. The van der Waals surface area contributed by atoms with Crippen molar-refractivity contribution in [2.45, 2.75) is 0 Å². The van der Waals surface area contributed by atoms with E-state index in [1.54, 1.807) is 0 Å². The minimum Gasteiger partial charge on any atom is -0.492 e. The maximum Gasteiger partial charge on any atom is 0.177 e. The average Bonchev–Trinajstić information content (AvgIpc) is 1.85.